The summed E-state index contributed by atoms with van der Waals surface area (Å²) in [5.74, 6) is -24.4. The molecule has 0 saturated heterocycles. The first-order valence-electron chi connectivity index (χ1n) is 48.8. The molecule has 748 valence electrons. The van der Waals surface area contributed by atoms with Crippen LogP contribution in [0.2, 0.25) is 0 Å². The van der Waals surface area contributed by atoms with Crippen molar-refractivity contribution in [1.29, 1.82) is 0 Å². The Morgan fingerprint density at radius 1 is 0.225 bits per heavy atom. The van der Waals surface area contributed by atoms with Gasteiger partial charge < -0.3 is 20.4 Å². The zero-order valence-corrected chi connectivity index (χ0v) is 84.5. The number of aromatic hydroxyl groups is 4. The van der Waals surface area contributed by atoms with E-state index in [4.69, 9.17) is 0 Å². The second kappa shape index (κ2) is 45.3. The van der Waals surface area contributed by atoms with E-state index in [9.17, 15) is 99.5 Å². The Kier molecular flexibility index (Phi) is 33.7. The van der Waals surface area contributed by atoms with Crippen molar-refractivity contribution in [2.75, 3.05) is 0 Å². The molecule has 0 atom stereocenters. The van der Waals surface area contributed by atoms with Gasteiger partial charge in [0, 0.05) is 22.3 Å². The quantitative estimate of drug-likeness (QED) is 0.0474. The first kappa shape index (κ1) is 106. The van der Waals surface area contributed by atoms with Gasteiger partial charge in [-0.1, -0.05) is 0 Å². The van der Waals surface area contributed by atoms with Gasteiger partial charge in [-0.05, 0) is 415 Å². The molecule has 0 spiro atoms. The first-order valence-corrected chi connectivity index (χ1v) is 52.9. The van der Waals surface area contributed by atoms with Crippen molar-refractivity contribution in [2.45, 2.75) is 272 Å². The molecule has 8 aliphatic rings. The van der Waals surface area contributed by atoms with E-state index in [2.05, 4.69) is 6.99 Å². The van der Waals surface area contributed by atoms with Crippen LogP contribution in [0.4, 0.5) is 90.4 Å². The molecule has 4 N–H and O–H groups in total. The minimum atomic E-state index is -2.17. The normalized spacial score (nSPS) is 14.9. The van der Waals surface area contributed by atoms with Crippen molar-refractivity contribution in [3.8, 4) is 67.5 Å². The number of nitrogens with zero attached hydrogens (tertiary/aromatic N) is 2. The van der Waals surface area contributed by atoms with Gasteiger partial charge in [0.05, 0.1) is 0 Å². The molecule has 0 unspecified atom stereocenters. The summed E-state index contributed by atoms with van der Waals surface area (Å²) in [5.41, 5.74) is 22.7. The number of halogens is 18. The van der Waals surface area contributed by atoms with Crippen LogP contribution in [0, 0.1) is 132 Å². The number of benzene rings is 12. The number of rotatable bonds is 10. The molecule has 0 aliphatic heterocycles. The van der Waals surface area contributed by atoms with E-state index >= 15 is 0 Å². The minimum Gasteiger partial charge on any atom is -0.504 e. The van der Waals surface area contributed by atoms with Gasteiger partial charge >= 0.3 is 275 Å². The molecule has 0 saturated carbocycles. The van der Waals surface area contributed by atoms with Crippen LogP contribution in [-0.2, 0) is 149 Å². The third kappa shape index (κ3) is 22.0. The zero-order valence-electron chi connectivity index (χ0n) is 80.5. The summed E-state index contributed by atoms with van der Waals surface area (Å²) in [6.45, 7) is 14.6. The van der Waals surface area contributed by atoms with Crippen LogP contribution in [-0.4, -0.2) is 29.2 Å². The fourth-order valence-electron chi connectivity index (χ4n) is 21.4. The maximum Gasteiger partial charge on any atom is 0.165 e. The van der Waals surface area contributed by atoms with E-state index in [1.54, 1.807) is 60.8 Å². The molecule has 8 aliphatic carbocycles. The smallest absolute Gasteiger partial charge is 0.165 e. The summed E-state index contributed by atoms with van der Waals surface area (Å²) in [7, 11) is 0. The fraction of sp³-hybridized carbons (Fsp3) is 0.362. The number of aryl methyl sites for hydroxylation is 8. The van der Waals surface area contributed by atoms with Gasteiger partial charge in [0.1, 0.15) is 23.3 Å². The van der Waals surface area contributed by atoms with Crippen LogP contribution in [0.5, 0.6) is 23.0 Å². The average molecular weight is 2130 g/mol. The Morgan fingerprint density at radius 2 is 0.387 bits per heavy atom. The van der Waals surface area contributed by atoms with E-state index in [1.807, 2.05) is 88.4 Å². The Labute approximate surface area is 832 Å². The van der Waals surface area contributed by atoms with Crippen LogP contribution in [0.1, 0.15) is 253 Å². The molecule has 0 amide bonds. The maximum absolute atomic E-state index is 14.5. The molecule has 6 nitrogen and oxygen atoms in total. The summed E-state index contributed by atoms with van der Waals surface area (Å²) in [6.07, 6.45) is 30.3. The number of hydrogen-bond donors (Lipinski definition) is 4. The van der Waals surface area contributed by atoms with Crippen molar-refractivity contribution in [1.82, 2.24) is 0 Å². The van der Waals surface area contributed by atoms with Crippen molar-refractivity contribution < 1.29 is 135 Å². The van der Waals surface area contributed by atoms with Crippen LogP contribution < -0.4 is 0 Å². The Morgan fingerprint density at radius 3 is 0.577 bits per heavy atom. The molecule has 12 aromatic rings. The Bertz CT molecular complexity index is 6020. The molecule has 0 heterocycles. The molecular weight excluding hydrogens is 2020 g/mol. The van der Waals surface area contributed by atoms with E-state index in [0.717, 1.165) is 328 Å². The Balaban J connectivity index is 0.000000129. The van der Waals surface area contributed by atoms with Gasteiger partial charge in [-0.3, -0.25) is 0 Å². The van der Waals surface area contributed by atoms with Crippen LogP contribution in [0.15, 0.2) is 116 Å². The number of phenolic OH excluding ortho intramolecular Hbond substituents is 4. The van der Waals surface area contributed by atoms with Crippen molar-refractivity contribution in [3.05, 3.63) is 336 Å². The topological polar surface area (TPSA) is 106 Å². The molecule has 142 heavy (non-hydrogen) atoms. The Hall–Kier alpha value is -10.7. The van der Waals surface area contributed by atoms with Gasteiger partial charge in [0.25, 0.3) is 0 Å². The third-order valence-electron chi connectivity index (χ3n) is 29.1. The van der Waals surface area contributed by atoms with Gasteiger partial charge in [0.2, 0.25) is 0 Å². The summed E-state index contributed by atoms with van der Waals surface area (Å²) in [4.78, 5) is 0. The standard InChI is InChI=1S/4C21H22F2O.2C10H12.2C6F5N.2Mo/c4*1-12-17(22)10-13-6-2-4-8-15(13)19(12)20-16-9-5-3-7-14(16)11-18(23)21(20)24;2*1-10(2,3)9-7-5-4-6-8-9;2*7-1-2(8)4(10)6(12)5(11)3(1)9;;/h4*10-11,24H,2-9H2,1H3;2*1,4-8H,2-3H3;;;;. The molecule has 12 aromatic carbocycles. The molecular formula is C116H112F18Mo2N2O4. The average Bonchev–Trinajstić information content (AvgIpc) is 0.755. The van der Waals surface area contributed by atoms with E-state index < -0.39 is 139 Å². The SMILES string of the molecule is CC(C)([CH]=[Mo]=[N]c1c(F)c(F)c(F)c(F)c1F)c1ccccc1.CC(C)([CH]=[Mo]=[N]c1c(F)c(F)c(F)c(F)c1F)c1ccccc1.Cc1c(F)cc2c(c1-c1c(O)c(F)cc3c1CCCC3)CCCC2.Cc1c(F)cc2c(c1-c1c(O)c(F)cc3c1CCCC3)CCCC2.Cc1c(F)cc2c(c1-c1c(O)c(F)cc3c1CCCC3)CCCC2.Cc1c(F)cc2c(c1-c1c(O)c(F)cc3c1CCCC3)CCCC2. The van der Waals surface area contributed by atoms with Crippen LogP contribution in [0.3, 0.4) is 0 Å². The van der Waals surface area contributed by atoms with Gasteiger partial charge in [0.15, 0.2) is 46.3 Å². The van der Waals surface area contributed by atoms with E-state index in [1.165, 1.54) is 24.3 Å². The maximum atomic E-state index is 14.5. The third-order valence-corrected chi connectivity index (χ3v) is 33.9. The van der Waals surface area contributed by atoms with E-state index in [-0.39, 0.29) is 46.3 Å². The minimum absolute atomic E-state index is 0.251. The number of hydrogen-bond acceptors (Lipinski definition) is 6. The number of fused-ring (bicyclic) bond motifs is 8. The fourth-order valence-corrected chi connectivity index (χ4v) is 25.0. The summed E-state index contributed by atoms with van der Waals surface area (Å²) < 4.78 is 259. The van der Waals surface area contributed by atoms with Crippen LogP contribution in [0.25, 0.3) is 44.5 Å². The molecule has 0 bridgehead atoms. The summed E-state index contributed by atoms with van der Waals surface area (Å²) in [6, 6.07) is 31.1. The second-order valence-electron chi connectivity index (χ2n) is 39.2. The largest absolute Gasteiger partial charge is 0.504 e. The zero-order chi connectivity index (χ0) is 102. The van der Waals surface area contributed by atoms with Gasteiger partial charge in [-0.25, -0.2) is 35.1 Å². The van der Waals surface area contributed by atoms with E-state index in [0.29, 0.717) is 44.5 Å². The predicted octanol–water partition coefficient (Wildman–Crippen LogP) is 31.7. The molecule has 0 aromatic heterocycles. The van der Waals surface area contributed by atoms with Crippen LogP contribution >= 0.6 is 0 Å². The van der Waals surface area contributed by atoms with Crippen molar-refractivity contribution in [2.24, 2.45) is 6.99 Å². The first-order chi connectivity index (χ1) is 67.8. The number of phenols is 4. The monoisotopic (exact) mass is 2130 g/mol. The van der Waals surface area contributed by atoms with Gasteiger partial charge in [-0.2, -0.15) is 0 Å². The molecule has 20 rings (SSSR count). The molecule has 0 fully saturated rings. The predicted molar refractivity (Wildman–Crippen MR) is 514 cm³/mol. The summed E-state index contributed by atoms with van der Waals surface area (Å²) >= 11 is -2.94. The second-order valence-corrected chi connectivity index (χ2v) is 42.3. The van der Waals surface area contributed by atoms with Crippen molar-refractivity contribution >= 4 is 20.2 Å². The van der Waals surface area contributed by atoms with Gasteiger partial charge in [-0.15, -0.1) is 0 Å². The van der Waals surface area contributed by atoms with Crippen molar-refractivity contribution in [3.63, 3.8) is 0 Å². The summed E-state index contributed by atoms with van der Waals surface area (Å²) in [5, 5.41) is 42.1. The molecule has 26 heteroatoms. The molecule has 0 radical (unpaired) electrons.